The van der Waals surface area contributed by atoms with Gasteiger partial charge in [0.15, 0.2) is 5.13 Å². The third-order valence-corrected chi connectivity index (χ3v) is 4.84. The normalized spacial score (nSPS) is 12.8. The molecule has 2 rings (SSSR count). The van der Waals surface area contributed by atoms with Crippen LogP contribution in [0.25, 0.3) is 5.57 Å². The summed E-state index contributed by atoms with van der Waals surface area (Å²) in [5.41, 5.74) is 3.05. The Balaban J connectivity index is 2.09. The molecule has 2 aromatic rings. The Morgan fingerprint density at radius 2 is 2.18 bits per heavy atom. The van der Waals surface area contributed by atoms with Crippen molar-refractivity contribution in [3.05, 3.63) is 64.9 Å². The number of terminal acetylenes is 1. The summed E-state index contributed by atoms with van der Waals surface area (Å²) in [4.78, 5) is 20.9. The van der Waals surface area contributed by atoms with Gasteiger partial charge in [-0.25, -0.2) is 4.98 Å². The predicted octanol–water partition coefficient (Wildman–Crippen LogP) is 4.79. The van der Waals surface area contributed by atoms with Gasteiger partial charge >= 0.3 is 0 Å². The number of aromatic nitrogens is 1. The minimum atomic E-state index is -0.142. The van der Waals surface area contributed by atoms with Gasteiger partial charge in [-0.05, 0) is 32.2 Å². The minimum Gasteiger partial charge on any atom is -0.382 e. The number of thiazole rings is 1. The molecular weight excluding hydrogens is 368 g/mol. The van der Waals surface area contributed by atoms with Crippen molar-refractivity contribution in [2.24, 2.45) is 4.99 Å². The highest BCUT2D eigenvalue weighted by molar-refractivity contribution is 7.16. The molecule has 2 N–H and O–H groups in total. The van der Waals surface area contributed by atoms with E-state index in [-0.39, 0.29) is 18.4 Å². The summed E-state index contributed by atoms with van der Waals surface area (Å²) in [6.45, 7) is 7.66. The van der Waals surface area contributed by atoms with Crippen molar-refractivity contribution in [1.29, 1.82) is 0 Å². The van der Waals surface area contributed by atoms with E-state index in [0.29, 0.717) is 11.6 Å². The molecule has 5 nitrogen and oxygen atoms in total. The molecule has 6 heteroatoms. The quantitative estimate of drug-likeness (QED) is 0.366. The molecule has 1 atom stereocenters. The lowest BCUT2D eigenvalue weighted by Crippen LogP contribution is -2.16. The van der Waals surface area contributed by atoms with E-state index in [1.54, 1.807) is 12.4 Å². The number of rotatable bonds is 9. The van der Waals surface area contributed by atoms with Crippen molar-refractivity contribution in [2.75, 3.05) is 5.32 Å². The number of hydrogen-bond donors (Lipinski definition) is 2. The van der Waals surface area contributed by atoms with Gasteiger partial charge in [0, 0.05) is 42.6 Å². The second-order valence-electron chi connectivity index (χ2n) is 6.15. The number of amides is 1. The molecule has 1 amide bonds. The van der Waals surface area contributed by atoms with Crippen molar-refractivity contribution >= 4 is 34.7 Å². The van der Waals surface area contributed by atoms with Crippen LogP contribution in [0.15, 0.2) is 59.5 Å². The van der Waals surface area contributed by atoms with Gasteiger partial charge < -0.3 is 10.6 Å². The summed E-state index contributed by atoms with van der Waals surface area (Å²) in [6.07, 6.45) is 11.3. The molecule has 0 saturated carbocycles. The second-order valence-corrected chi connectivity index (χ2v) is 7.18. The average Bonchev–Trinajstić information content (AvgIpc) is 3.15. The van der Waals surface area contributed by atoms with E-state index in [1.165, 1.54) is 16.9 Å². The first-order chi connectivity index (χ1) is 13.5. The van der Waals surface area contributed by atoms with E-state index in [9.17, 15) is 4.79 Å². The third-order valence-electron chi connectivity index (χ3n) is 3.88. The zero-order valence-electron chi connectivity index (χ0n) is 16.1. The van der Waals surface area contributed by atoms with Crippen molar-refractivity contribution in [3.8, 4) is 12.3 Å². The third kappa shape index (κ3) is 6.53. The maximum atomic E-state index is 11.8. The lowest BCUT2D eigenvalue weighted by molar-refractivity contribution is -0.116. The van der Waals surface area contributed by atoms with Crippen LogP contribution in [0.3, 0.4) is 0 Å². The molecule has 0 aliphatic heterocycles. The van der Waals surface area contributed by atoms with Crippen LogP contribution in [0.2, 0.25) is 0 Å². The fourth-order valence-corrected chi connectivity index (χ4v) is 3.36. The van der Waals surface area contributed by atoms with Crippen molar-refractivity contribution in [1.82, 2.24) is 10.3 Å². The molecule has 0 fully saturated rings. The summed E-state index contributed by atoms with van der Waals surface area (Å²) < 4.78 is 0. The average molecular weight is 393 g/mol. The van der Waals surface area contributed by atoms with Gasteiger partial charge in [0.25, 0.3) is 0 Å². The Kier molecular flexibility index (Phi) is 8.19. The van der Waals surface area contributed by atoms with Crippen LogP contribution in [-0.4, -0.2) is 17.6 Å². The Labute approximate surface area is 170 Å². The van der Waals surface area contributed by atoms with E-state index in [1.807, 2.05) is 31.2 Å². The molecule has 0 aliphatic carbocycles. The Bertz CT molecular complexity index is 906. The topological polar surface area (TPSA) is 66.4 Å². The summed E-state index contributed by atoms with van der Waals surface area (Å²) in [5, 5.41) is 6.77. The smallest absolute Gasteiger partial charge is 0.227 e. The van der Waals surface area contributed by atoms with E-state index in [2.05, 4.69) is 52.3 Å². The molecule has 1 aromatic heterocycles. The monoisotopic (exact) mass is 392 g/mol. The van der Waals surface area contributed by atoms with E-state index in [4.69, 9.17) is 6.42 Å². The van der Waals surface area contributed by atoms with Gasteiger partial charge in [0.05, 0.1) is 4.88 Å². The standard InChI is InChI=1S/C22H24N4OS/c1-5-6-12-21(27)26-22-24-15-20(28-22)19(14-23-4)13-16(2)25-17(3)18-10-8-7-9-11-18/h1,7-11,13-15,17,25H,4,6,12H2,2-3H3,(H,24,26,27)/b16-13+,19-14+/t17-/m0/s1. The zero-order valence-corrected chi connectivity index (χ0v) is 16.9. The van der Waals surface area contributed by atoms with Crippen LogP contribution in [0.1, 0.15) is 43.2 Å². The Morgan fingerprint density at radius 1 is 1.43 bits per heavy atom. The lowest BCUT2D eigenvalue weighted by atomic mass is 10.1. The van der Waals surface area contributed by atoms with Crippen LogP contribution in [0, 0.1) is 12.3 Å². The number of nitrogens with one attached hydrogen (secondary N) is 2. The van der Waals surface area contributed by atoms with E-state index in [0.717, 1.165) is 16.1 Å². The Hall–Kier alpha value is -3.17. The van der Waals surface area contributed by atoms with Crippen molar-refractivity contribution < 1.29 is 4.79 Å². The van der Waals surface area contributed by atoms with Crippen LogP contribution >= 0.6 is 11.3 Å². The van der Waals surface area contributed by atoms with Gasteiger partial charge in [-0.1, -0.05) is 41.7 Å². The first-order valence-corrected chi connectivity index (χ1v) is 9.70. The number of hydrogen-bond acceptors (Lipinski definition) is 5. The van der Waals surface area contributed by atoms with Crippen LogP contribution in [0.5, 0.6) is 0 Å². The van der Waals surface area contributed by atoms with Gasteiger partial charge in [-0.2, -0.15) is 0 Å². The second kappa shape index (κ2) is 10.9. The van der Waals surface area contributed by atoms with Crippen LogP contribution in [0.4, 0.5) is 5.13 Å². The largest absolute Gasteiger partial charge is 0.382 e. The number of carbonyl (C=O) groups is 1. The van der Waals surface area contributed by atoms with Gasteiger partial charge in [0.1, 0.15) is 0 Å². The van der Waals surface area contributed by atoms with Gasteiger partial charge in [-0.15, -0.1) is 12.3 Å². The summed E-state index contributed by atoms with van der Waals surface area (Å²) in [5.74, 6) is 2.31. The number of carbonyl (C=O) groups excluding carboxylic acids is 1. The molecule has 0 bridgehead atoms. The molecule has 28 heavy (non-hydrogen) atoms. The maximum absolute atomic E-state index is 11.8. The zero-order chi connectivity index (χ0) is 20.4. The highest BCUT2D eigenvalue weighted by Gasteiger charge is 2.10. The summed E-state index contributed by atoms with van der Waals surface area (Å²) >= 11 is 1.38. The SMILES string of the molecule is C#CCCC(=O)Nc1ncc(C(/C=C(\C)N[C@@H](C)c2ccccc2)=C/N=C)s1. The molecule has 144 valence electrons. The molecule has 1 heterocycles. The minimum absolute atomic E-state index is 0.142. The number of nitrogens with zero attached hydrogens (tertiary/aromatic N) is 2. The molecule has 0 aliphatic rings. The lowest BCUT2D eigenvalue weighted by Gasteiger charge is -2.16. The summed E-state index contributed by atoms with van der Waals surface area (Å²) in [6, 6.07) is 10.4. The number of allylic oxidation sites excluding steroid dienone is 3. The van der Waals surface area contributed by atoms with Crippen molar-refractivity contribution in [2.45, 2.75) is 32.7 Å². The fraction of sp³-hybridized carbons (Fsp3) is 0.227. The molecule has 0 spiro atoms. The van der Waals surface area contributed by atoms with Crippen molar-refractivity contribution in [3.63, 3.8) is 0 Å². The first kappa shape index (κ1) is 21.1. The van der Waals surface area contributed by atoms with Gasteiger partial charge in [0.2, 0.25) is 5.91 Å². The van der Waals surface area contributed by atoms with Gasteiger partial charge in [-0.3, -0.25) is 9.79 Å². The first-order valence-electron chi connectivity index (χ1n) is 8.88. The number of anilines is 1. The predicted molar refractivity (Wildman–Crippen MR) is 118 cm³/mol. The Morgan fingerprint density at radius 3 is 2.86 bits per heavy atom. The molecule has 0 radical (unpaired) electrons. The highest BCUT2D eigenvalue weighted by atomic mass is 32.1. The van der Waals surface area contributed by atoms with Crippen LogP contribution in [-0.2, 0) is 4.79 Å². The molecule has 0 saturated heterocycles. The molecular formula is C22H24N4OS. The van der Waals surface area contributed by atoms with E-state index < -0.39 is 0 Å². The van der Waals surface area contributed by atoms with E-state index >= 15 is 0 Å². The van der Waals surface area contributed by atoms with Crippen LogP contribution < -0.4 is 10.6 Å². The molecule has 1 aromatic carbocycles. The molecule has 0 unspecified atom stereocenters. The number of aliphatic imine (C=N–C) groups is 1. The highest BCUT2D eigenvalue weighted by Crippen LogP contribution is 2.27. The maximum Gasteiger partial charge on any atom is 0.227 e. The summed E-state index contributed by atoms with van der Waals surface area (Å²) in [7, 11) is 0. The fourth-order valence-electron chi connectivity index (χ4n) is 2.54. The number of benzene rings is 1.